The fraction of sp³-hybridized carbons (Fsp3) is 0.571. The van der Waals surface area contributed by atoms with Crippen LogP contribution in [0.2, 0.25) is 0 Å². The highest BCUT2D eigenvalue weighted by molar-refractivity contribution is 7.89. The SMILES string of the molecule is CC(CCl)CNS(=O)(=O)c1cnc[nH]1. The Morgan fingerprint density at radius 3 is 2.93 bits per heavy atom. The molecule has 0 fully saturated rings. The molecule has 14 heavy (non-hydrogen) atoms. The van der Waals surface area contributed by atoms with Gasteiger partial charge in [0.05, 0.1) is 12.5 Å². The summed E-state index contributed by atoms with van der Waals surface area (Å²) in [6.07, 6.45) is 2.58. The highest BCUT2D eigenvalue weighted by atomic mass is 35.5. The van der Waals surface area contributed by atoms with E-state index in [9.17, 15) is 8.42 Å². The molecule has 7 heteroatoms. The van der Waals surface area contributed by atoms with Crippen molar-refractivity contribution >= 4 is 21.6 Å². The van der Waals surface area contributed by atoms with E-state index in [0.29, 0.717) is 12.4 Å². The first-order chi connectivity index (χ1) is 6.56. The van der Waals surface area contributed by atoms with Crippen molar-refractivity contribution in [3.05, 3.63) is 12.5 Å². The summed E-state index contributed by atoms with van der Waals surface area (Å²) in [4.78, 5) is 6.16. The van der Waals surface area contributed by atoms with Gasteiger partial charge in [-0.3, -0.25) is 0 Å². The van der Waals surface area contributed by atoms with E-state index in [4.69, 9.17) is 11.6 Å². The molecule has 0 spiro atoms. The van der Waals surface area contributed by atoms with Crippen molar-refractivity contribution in [1.29, 1.82) is 0 Å². The minimum Gasteiger partial charge on any atom is -0.335 e. The maximum absolute atomic E-state index is 11.5. The third kappa shape index (κ3) is 2.97. The van der Waals surface area contributed by atoms with Crippen LogP contribution >= 0.6 is 11.6 Å². The van der Waals surface area contributed by atoms with E-state index in [2.05, 4.69) is 14.7 Å². The van der Waals surface area contributed by atoms with Gasteiger partial charge in [-0.05, 0) is 5.92 Å². The standard InChI is InChI=1S/C7H12ClN3O2S/c1-6(2-8)3-11-14(12,13)7-4-9-5-10-7/h4-6,11H,2-3H2,1H3,(H,9,10). The second-order valence-electron chi connectivity index (χ2n) is 3.03. The molecule has 1 rings (SSSR count). The third-order valence-electron chi connectivity index (χ3n) is 1.65. The third-order valence-corrected chi connectivity index (χ3v) is 3.52. The van der Waals surface area contributed by atoms with Crippen molar-refractivity contribution in [3.8, 4) is 0 Å². The van der Waals surface area contributed by atoms with E-state index in [1.165, 1.54) is 12.5 Å². The van der Waals surface area contributed by atoms with Crippen molar-refractivity contribution in [2.75, 3.05) is 12.4 Å². The zero-order chi connectivity index (χ0) is 10.6. The Morgan fingerprint density at radius 2 is 2.43 bits per heavy atom. The summed E-state index contributed by atoms with van der Waals surface area (Å²) in [5.41, 5.74) is 0. The quantitative estimate of drug-likeness (QED) is 0.735. The summed E-state index contributed by atoms with van der Waals surface area (Å²) in [7, 11) is -3.45. The molecule has 0 aliphatic rings. The molecule has 5 nitrogen and oxygen atoms in total. The van der Waals surface area contributed by atoms with Crippen molar-refractivity contribution in [1.82, 2.24) is 14.7 Å². The van der Waals surface area contributed by atoms with Crippen LogP contribution in [0.15, 0.2) is 17.6 Å². The molecule has 1 heterocycles. The lowest BCUT2D eigenvalue weighted by Crippen LogP contribution is -2.29. The Balaban J connectivity index is 2.60. The first kappa shape index (κ1) is 11.5. The fourth-order valence-corrected chi connectivity index (χ4v) is 1.95. The van der Waals surface area contributed by atoms with Gasteiger partial charge in [-0.1, -0.05) is 6.92 Å². The maximum atomic E-state index is 11.5. The van der Waals surface area contributed by atoms with Crippen LogP contribution in [0.4, 0.5) is 0 Å². The fourth-order valence-electron chi connectivity index (χ4n) is 0.774. The van der Waals surface area contributed by atoms with Gasteiger partial charge in [0, 0.05) is 12.4 Å². The zero-order valence-corrected chi connectivity index (χ0v) is 9.27. The van der Waals surface area contributed by atoms with Gasteiger partial charge < -0.3 is 4.98 Å². The van der Waals surface area contributed by atoms with Gasteiger partial charge in [-0.25, -0.2) is 18.1 Å². The molecule has 0 aromatic carbocycles. The highest BCUT2D eigenvalue weighted by Crippen LogP contribution is 2.03. The van der Waals surface area contributed by atoms with Crippen LogP contribution in [0.5, 0.6) is 0 Å². The molecule has 0 radical (unpaired) electrons. The molecule has 2 N–H and O–H groups in total. The van der Waals surface area contributed by atoms with Crippen LogP contribution in [0.1, 0.15) is 6.92 Å². The van der Waals surface area contributed by atoms with Crippen molar-refractivity contribution in [3.63, 3.8) is 0 Å². The number of hydrogen-bond donors (Lipinski definition) is 2. The van der Waals surface area contributed by atoms with Crippen LogP contribution in [-0.2, 0) is 10.0 Å². The summed E-state index contributed by atoms with van der Waals surface area (Å²) in [6, 6.07) is 0. The summed E-state index contributed by atoms with van der Waals surface area (Å²) >= 11 is 5.55. The molecule has 1 aromatic heterocycles. The Labute approximate surface area is 87.9 Å². The average molecular weight is 238 g/mol. The van der Waals surface area contributed by atoms with Crippen LogP contribution < -0.4 is 4.72 Å². The number of rotatable bonds is 5. The van der Waals surface area contributed by atoms with E-state index in [1.807, 2.05) is 6.92 Å². The van der Waals surface area contributed by atoms with Gasteiger partial charge in [0.1, 0.15) is 0 Å². The van der Waals surface area contributed by atoms with Crippen LogP contribution in [-0.4, -0.2) is 30.8 Å². The number of hydrogen-bond acceptors (Lipinski definition) is 3. The van der Waals surface area contributed by atoms with E-state index in [-0.39, 0.29) is 10.9 Å². The number of imidazole rings is 1. The Morgan fingerprint density at radius 1 is 1.71 bits per heavy atom. The monoisotopic (exact) mass is 237 g/mol. The number of aromatic nitrogens is 2. The van der Waals surface area contributed by atoms with E-state index in [0.717, 1.165) is 0 Å². The molecule has 0 amide bonds. The summed E-state index contributed by atoms with van der Waals surface area (Å²) in [6.45, 7) is 2.19. The number of sulfonamides is 1. The van der Waals surface area contributed by atoms with E-state index in [1.54, 1.807) is 0 Å². The predicted octanol–water partition coefficient (Wildman–Crippen LogP) is 0.563. The van der Waals surface area contributed by atoms with Crippen molar-refractivity contribution < 1.29 is 8.42 Å². The van der Waals surface area contributed by atoms with Gasteiger partial charge in [0.15, 0.2) is 5.03 Å². The number of nitrogens with one attached hydrogen (secondary N) is 2. The molecular formula is C7H12ClN3O2S. The second kappa shape index (κ2) is 4.77. The summed E-state index contributed by atoms with van der Waals surface area (Å²) in [5.74, 6) is 0.528. The second-order valence-corrected chi connectivity index (χ2v) is 5.07. The average Bonchev–Trinajstić information content (AvgIpc) is 2.67. The van der Waals surface area contributed by atoms with Crippen molar-refractivity contribution in [2.45, 2.75) is 11.9 Å². The molecule has 0 saturated carbocycles. The molecule has 0 aliphatic heterocycles. The molecule has 0 saturated heterocycles. The van der Waals surface area contributed by atoms with E-state index >= 15 is 0 Å². The smallest absolute Gasteiger partial charge is 0.257 e. The van der Waals surface area contributed by atoms with Gasteiger partial charge in [0.25, 0.3) is 10.0 Å². The van der Waals surface area contributed by atoms with Gasteiger partial charge >= 0.3 is 0 Å². The molecule has 1 aromatic rings. The van der Waals surface area contributed by atoms with Gasteiger partial charge in [-0.15, -0.1) is 11.6 Å². The first-order valence-electron chi connectivity index (χ1n) is 4.10. The minimum absolute atomic E-state index is 0.0688. The number of aromatic amines is 1. The molecule has 0 bridgehead atoms. The highest BCUT2D eigenvalue weighted by Gasteiger charge is 2.15. The Hall–Kier alpha value is -0.590. The Kier molecular flexibility index (Phi) is 3.91. The lowest BCUT2D eigenvalue weighted by atomic mass is 10.2. The van der Waals surface area contributed by atoms with Gasteiger partial charge in [-0.2, -0.15) is 0 Å². The van der Waals surface area contributed by atoms with Crippen molar-refractivity contribution in [2.24, 2.45) is 5.92 Å². The summed E-state index contributed by atoms with van der Waals surface area (Å²) in [5, 5.41) is 0.0688. The Bertz CT molecular complexity index is 362. The largest absolute Gasteiger partial charge is 0.335 e. The zero-order valence-electron chi connectivity index (χ0n) is 7.70. The van der Waals surface area contributed by atoms with Gasteiger partial charge in [0.2, 0.25) is 0 Å². The summed E-state index contributed by atoms with van der Waals surface area (Å²) < 4.78 is 25.4. The number of nitrogens with zero attached hydrogens (tertiary/aromatic N) is 1. The minimum atomic E-state index is -3.45. The van der Waals surface area contributed by atoms with Crippen LogP contribution in [0.25, 0.3) is 0 Å². The maximum Gasteiger partial charge on any atom is 0.257 e. The molecule has 0 aliphatic carbocycles. The normalized spacial score (nSPS) is 14.1. The topological polar surface area (TPSA) is 74.8 Å². The predicted molar refractivity (Wildman–Crippen MR) is 53.7 cm³/mol. The lowest BCUT2D eigenvalue weighted by Gasteiger charge is -2.08. The number of halogens is 1. The lowest BCUT2D eigenvalue weighted by molar-refractivity contribution is 0.559. The molecule has 80 valence electrons. The van der Waals surface area contributed by atoms with Crippen LogP contribution in [0.3, 0.4) is 0 Å². The number of alkyl halides is 1. The van der Waals surface area contributed by atoms with E-state index < -0.39 is 10.0 Å². The molecule has 1 unspecified atom stereocenters. The van der Waals surface area contributed by atoms with Crippen LogP contribution in [0, 0.1) is 5.92 Å². The molecule has 1 atom stereocenters. The number of H-pyrrole nitrogens is 1. The molecular weight excluding hydrogens is 226 g/mol. The first-order valence-corrected chi connectivity index (χ1v) is 6.12.